The van der Waals surface area contributed by atoms with E-state index in [1.807, 2.05) is 65.7 Å². The Kier molecular flexibility index (Phi) is 6.19. The summed E-state index contributed by atoms with van der Waals surface area (Å²) in [5.74, 6) is 0.244. The van der Waals surface area contributed by atoms with E-state index in [2.05, 4.69) is 36.6 Å². The average molecular weight is 398 g/mol. The SMILES string of the molecule is CC(C)(C)c1csc(SCC(=O)NN(c2ccccc2)c2ccccc2)n1. The van der Waals surface area contributed by atoms with Crippen molar-refractivity contribution in [3.63, 3.8) is 0 Å². The Bertz CT molecular complexity index is 834. The van der Waals surface area contributed by atoms with E-state index in [-0.39, 0.29) is 11.3 Å². The number of nitrogens with one attached hydrogen (secondary N) is 1. The molecule has 0 saturated heterocycles. The van der Waals surface area contributed by atoms with Crippen molar-refractivity contribution < 1.29 is 4.79 Å². The molecule has 0 radical (unpaired) electrons. The summed E-state index contributed by atoms with van der Waals surface area (Å²) in [6.45, 7) is 6.42. The molecular weight excluding hydrogens is 374 g/mol. The maximum Gasteiger partial charge on any atom is 0.249 e. The van der Waals surface area contributed by atoms with Crippen LogP contribution in [-0.4, -0.2) is 16.6 Å². The number of carbonyl (C=O) groups is 1. The van der Waals surface area contributed by atoms with Gasteiger partial charge < -0.3 is 0 Å². The lowest BCUT2D eigenvalue weighted by atomic mass is 9.93. The van der Waals surface area contributed by atoms with E-state index in [1.54, 1.807) is 11.3 Å². The lowest BCUT2D eigenvalue weighted by Gasteiger charge is -2.25. The molecule has 0 aliphatic heterocycles. The van der Waals surface area contributed by atoms with Crippen LogP contribution in [0, 0.1) is 0 Å². The zero-order chi connectivity index (χ0) is 19.3. The number of thioether (sulfide) groups is 1. The maximum absolute atomic E-state index is 12.6. The summed E-state index contributed by atoms with van der Waals surface area (Å²) in [6.07, 6.45) is 0. The molecule has 27 heavy (non-hydrogen) atoms. The number of aromatic nitrogens is 1. The average Bonchev–Trinajstić information content (AvgIpc) is 3.15. The van der Waals surface area contributed by atoms with Crippen LogP contribution in [0.1, 0.15) is 26.5 Å². The Morgan fingerprint density at radius 3 is 2.07 bits per heavy atom. The first kappa shape index (κ1) is 19.5. The molecule has 1 amide bonds. The smallest absolute Gasteiger partial charge is 0.249 e. The lowest BCUT2D eigenvalue weighted by molar-refractivity contribution is -0.118. The van der Waals surface area contributed by atoms with Crippen LogP contribution in [0.4, 0.5) is 11.4 Å². The van der Waals surface area contributed by atoms with Gasteiger partial charge in [-0.3, -0.25) is 15.2 Å². The first-order valence-corrected chi connectivity index (χ1v) is 10.6. The van der Waals surface area contributed by atoms with Gasteiger partial charge in [-0.2, -0.15) is 0 Å². The Balaban J connectivity index is 1.67. The molecule has 3 aromatic rings. The lowest BCUT2D eigenvalue weighted by Crippen LogP contribution is -2.39. The summed E-state index contributed by atoms with van der Waals surface area (Å²) in [5, 5.41) is 3.88. The van der Waals surface area contributed by atoms with Crippen molar-refractivity contribution in [3.8, 4) is 0 Å². The van der Waals surface area contributed by atoms with E-state index in [1.165, 1.54) is 11.8 Å². The van der Waals surface area contributed by atoms with Crippen molar-refractivity contribution in [1.29, 1.82) is 0 Å². The van der Waals surface area contributed by atoms with Gasteiger partial charge in [0.2, 0.25) is 5.91 Å². The van der Waals surface area contributed by atoms with E-state index in [4.69, 9.17) is 0 Å². The third-order valence-corrected chi connectivity index (χ3v) is 5.86. The minimum absolute atomic E-state index is 0.0228. The fraction of sp³-hybridized carbons (Fsp3) is 0.238. The first-order valence-electron chi connectivity index (χ1n) is 8.72. The molecule has 1 heterocycles. The zero-order valence-electron chi connectivity index (χ0n) is 15.7. The quantitative estimate of drug-likeness (QED) is 0.447. The van der Waals surface area contributed by atoms with Crippen LogP contribution < -0.4 is 10.4 Å². The third-order valence-electron chi connectivity index (χ3n) is 3.84. The van der Waals surface area contributed by atoms with E-state index >= 15 is 0 Å². The molecule has 0 aliphatic carbocycles. The topological polar surface area (TPSA) is 45.2 Å². The highest BCUT2D eigenvalue weighted by Crippen LogP contribution is 2.29. The number of benzene rings is 2. The minimum Gasteiger partial charge on any atom is -0.272 e. The highest BCUT2D eigenvalue weighted by Gasteiger charge is 2.18. The van der Waals surface area contributed by atoms with E-state index in [0.29, 0.717) is 5.75 Å². The monoisotopic (exact) mass is 397 g/mol. The fourth-order valence-electron chi connectivity index (χ4n) is 2.38. The summed E-state index contributed by atoms with van der Waals surface area (Å²) in [6, 6.07) is 19.6. The molecule has 0 atom stereocenters. The highest BCUT2D eigenvalue weighted by atomic mass is 32.2. The van der Waals surface area contributed by atoms with Crippen molar-refractivity contribution in [2.24, 2.45) is 0 Å². The van der Waals surface area contributed by atoms with Gasteiger partial charge in [0.05, 0.1) is 22.8 Å². The van der Waals surface area contributed by atoms with Gasteiger partial charge in [-0.25, -0.2) is 4.98 Å². The maximum atomic E-state index is 12.6. The summed E-state index contributed by atoms with van der Waals surface area (Å²) in [4.78, 5) is 17.2. The van der Waals surface area contributed by atoms with Gasteiger partial charge in [0, 0.05) is 10.8 Å². The van der Waals surface area contributed by atoms with E-state index in [9.17, 15) is 4.79 Å². The third kappa shape index (κ3) is 5.34. The Labute approximate surface area is 168 Å². The van der Waals surface area contributed by atoms with Crippen LogP contribution in [0.25, 0.3) is 0 Å². The number of amides is 1. The molecular formula is C21H23N3OS2. The first-order chi connectivity index (χ1) is 12.9. The van der Waals surface area contributed by atoms with Crippen molar-refractivity contribution in [2.45, 2.75) is 30.5 Å². The van der Waals surface area contributed by atoms with Gasteiger partial charge in [0.25, 0.3) is 0 Å². The molecule has 0 unspecified atom stereocenters. The number of nitrogens with zero attached hydrogens (tertiary/aromatic N) is 2. The van der Waals surface area contributed by atoms with Gasteiger partial charge in [-0.1, -0.05) is 68.9 Å². The van der Waals surface area contributed by atoms with Crippen LogP contribution in [0.5, 0.6) is 0 Å². The second-order valence-corrected chi connectivity index (χ2v) is 9.16. The highest BCUT2D eigenvalue weighted by molar-refractivity contribution is 8.01. The number of para-hydroxylation sites is 2. The molecule has 1 aromatic heterocycles. The van der Waals surface area contributed by atoms with Crippen LogP contribution >= 0.6 is 23.1 Å². The molecule has 140 valence electrons. The Morgan fingerprint density at radius 1 is 1.04 bits per heavy atom. The van der Waals surface area contributed by atoms with Crippen molar-refractivity contribution in [3.05, 3.63) is 71.7 Å². The van der Waals surface area contributed by atoms with E-state index in [0.717, 1.165) is 21.4 Å². The number of hydrogen-bond donors (Lipinski definition) is 1. The Morgan fingerprint density at radius 2 is 1.59 bits per heavy atom. The Hall–Kier alpha value is -2.31. The molecule has 1 N–H and O–H groups in total. The molecule has 4 nitrogen and oxygen atoms in total. The second kappa shape index (κ2) is 8.59. The molecule has 0 bridgehead atoms. The van der Waals surface area contributed by atoms with Crippen LogP contribution in [-0.2, 0) is 10.2 Å². The summed E-state index contributed by atoms with van der Waals surface area (Å²) < 4.78 is 0.918. The zero-order valence-corrected chi connectivity index (χ0v) is 17.3. The van der Waals surface area contributed by atoms with Crippen LogP contribution in [0.2, 0.25) is 0 Å². The predicted molar refractivity (Wildman–Crippen MR) is 115 cm³/mol. The molecule has 6 heteroatoms. The molecule has 0 aliphatic rings. The number of carbonyl (C=O) groups excluding carboxylic acids is 1. The molecule has 2 aromatic carbocycles. The largest absolute Gasteiger partial charge is 0.272 e. The molecule has 0 fully saturated rings. The van der Waals surface area contributed by atoms with Crippen molar-refractivity contribution in [1.82, 2.24) is 10.4 Å². The summed E-state index contributed by atoms with van der Waals surface area (Å²) in [7, 11) is 0. The number of hydrogen-bond acceptors (Lipinski definition) is 5. The van der Waals surface area contributed by atoms with E-state index < -0.39 is 0 Å². The standard InChI is InChI=1S/C21H23N3OS2/c1-21(2,3)18-14-26-20(22-18)27-15-19(25)23-24(16-10-6-4-7-11-16)17-12-8-5-9-13-17/h4-14H,15H2,1-3H3,(H,23,25). The van der Waals surface area contributed by atoms with Gasteiger partial charge in [-0.05, 0) is 24.3 Å². The van der Waals surface area contributed by atoms with Crippen LogP contribution in [0.3, 0.4) is 0 Å². The minimum atomic E-state index is -0.0692. The van der Waals surface area contributed by atoms with Crippen LogP contribution in [0.15, 0.2) is 70.4 Å². The molecule has 0 saturated carbocycles. The fourth-order valence-corrected chi connectivity index (χ4v) is 4.23. The number of hydrazine groups is 1. The van der Waals surface area contributed by atoms with Gasteiger partial charge >= 0.3 is 0 Å². The summed E-state index contributed by atoms with van der Waals surface area (Å²) >= 11 is 3.05. The predicted octanol–water partition coefficient (Wildman–Crippen LogP) is 5.40. The number of anilines is 2. The van der Waals surface area contributed by atoms with Crippen molar-refractivity contribution >= 4 is 40.4 Å². The normalized spacial score (nSPS) is 11.2. The van der Waals surface area contributed by atoms with Gasteiger partial charge in [0.15, 0.2) is 4.34 Å². The number of thiazole rings is 1. The second-order valence-electron chi connectivity index (χ2n) is 7.08. The molecule has 0 spiro atoms. The van der Waals surface area contributed by atoms with Crippen molar-refractivity contribution in [2.75, 3.05) is 10.8 Å². The van der Waals surface area contributed by atoms with Gasteiger partial charge in [0.1, 0.15) is 0 Å². The number of rotatable bonds is 6. The van der Waals surface area contributed by atoms with Gasteiger partial charge in [-0.15, -0.1) is 11.3 Å². The summed E-state index contributed by atoms with van der Waals surface area (Å²) in [5.41, 5.74) is 5.91. The molecule has 3 rings (SSSR count).